The number of aromatic amines is 1. The predicted molar refractivity (Wildman–Crippen MR) is 137 cm³/mol. The summed E-state index contributed by atoms with van der Waals surface area (Å²) in [6, 6.07) is 18.8. The summed E-state index contributed by atoms with van der Waals surface area (Å²) < 4.78 is 0. The van der Waals surface area contributed by atoms with Crippen molar-refractivity contribution in [3.8, 4) is 11.1 Å². The maximum absolute atomic E-state index is 13.4. The minimum atomic E-state index is -1.03. The zero-order chi connectivity index (χ0) is 24.8. The maximum atomic E-state index is 13.4. The van der Waals surface area contributed by atoms with Crippen LogP contribution in [0.5, 0.6) is 0 Å². The Hall–Kier alpha value is -3.97. The SMILES string of the molecule is CC(C)CC(NC(=O)c1ccc(CNCc2cnc[nH]2)cc1-c1cccc2ccccc12)C(=O)O. The Kier molecular flexibility index (Phi) is 7.57. The number of nitrogens with zero attached hydrogens (tertiary/aromatic N) is 1. The van der Waals surface area contributed by atoms with Gasteiger partial charge in [-0.25, -0.2) is 9.78 Å². The number of benzene rings is 3. The van der Waals surface area contributed by atoms with E-state index in [2.05, 4.69) is 20.6 Å². The van der Waals surface area contributed by atoms with E-state index < -0.39 is 17.9 Å². The van der Waals surface area contributed by atoms with Crippen molar-refractivity contribution in [2.24, 2.45) is 5.92 Å². The normalized spacial score (nSPS) is 12.1. The lowest BCUT2D eigenvalue weighted by Crippen LogP contribution is -2.41. The van der Waals surface area contributed by atoms with E-state index in [1.807, 2.05) is 68.4 Å². The zero-order valence-electron chi connectivity index (χ0n) is 19.9. The molecule has 4 rings (SSSR count). The highest BCUT2D eigenvalue weighted by atomic mass is 16.4. The molecule has 1 unspecified atom stereocenters. The average Bonchev–Trinajstić information content (AvgIpc) is 3.36. The number of nitrogens with one attached hydrogen (secondary N) is 3. The number of imidazole rings is 1. The molecule has 35 heavy (non-hydrogen) atoms. The molecule has 3 aromatic carbocycles. The third kappa shape index (κ3) is 5.94. The Bertz CT molecular complexity index is 1310. The Morgan fingerprint density at radius 2 is 1.80 bits per heavy atom. The monoisotopic (exact) mass is 470 g/mol. The molecule has 1 heterocycles. The number of carboxylic acid groups (broad SMARTS) is 1. The van der Waals surface area contributed by atoms with Crippen molar-refractivity contribution < 1.29 is 14.7 Å². The predicted octanol–water partition coefficient (Wildman–Crippen LogP) is 4.75. The topological polar surface area (TPSA) is 107 Å². The highest BCUT2D eigenvalue weighted by molar-refractivity contribution is 6.06. The fourth-order valence-corrected chi connectivity index (χ4v) is 4.23. The van der Waals surface area contributed by atoms with Crippen LogP contribution in [0.25, 0.3) is 21.9 Å². The molecular weight excluding hydrogens is 440 g/mol. The molecule has 0 aliphatic rings. The average molecular weight is 471 g/mol. The maximum Gasteiger partial charge on any atom is 0.326 e. The Labute approximate surface area is 204 Å². The molecule has 0 saturated carbocycles. The molecule has 180 valence electrons. The van der Waals surface area contributed by atoms with Gasteiger partial charge in [-0.05, 0) is 51.9 Å². The molecular formula is C28H30N4O3. The number of aliphatic carboxylic acids is 1. The van der Waals surface area contributed by atoms with Crippen molar-refractivity contribution >= 4 is 22.6 Å². The molecule has 0 aliphatic carbocycles. The number of carboxylic acids is 1. The molecule has 4 N–H and O–H groups in total. The van der Waals surface area contributed by atoms with Crippen LogP contribution in [0.4, 0.5) is 0 Å². The van der Waals surface area contributed by atoms with Crippen LogP contribution in [0.1, 0.15) is 41.9 Å². The summed E-state index contributed by atoms with van der Waals surface area (Å²) in [7, 11) is 0. The van der Waals surface area contributed by atoms with Gasteiger partial charge in [0.25, 0.3) is 5.91 Å². The van der Waals surface area contributed by atoms with Gasteiger partial charge in [0, 0.05) is 30.5 Å². The van der Waals surface area contributed by atoms with Crippen LogP contribution in [0.2, 0.25) is 0 Å². The van der Waals surface area contributed by atoms with Crippen LogP contribution < -0.4 is 10.6 Å². The Morgan fingerprint density at radius 1 is 1.00 bits per heavy atom. The number of H-pyrrole nitrogens is 1. The first-order chi connectivity index (χ1) is 16.9. The van der Waals surface area contributed by atoms with Crippen LogP contribution in [-0.2, 0) is 17.9 Å². The first-order valence-electron chi connectivity index (χ1n) is 11.7. The Balaban J connectivity index is 1.69. The van der Waals surface area contributed by atoms with Gasteiger partial charge in [-0.3, -0.25) is 4.79 Å². The van der Waals surface area contributed by atoms with Crippen molar-refractivity contribution in [2.45, 2.75) is 39.4 Å². The van der Waals surface area contributed by atoms with E-state index in [1.165, 1.54) is 0 Å². The van der Waals surface area contributed by atoms with Gasteiger partial charge in [-0.1, -0.05) is 62.4 Å². The van der Waals surface area contributed by atoms with E-state index in [-0.39, 0.29) is 5.92 Å². The first kappa shape index (κ1) is 24.2. The standard InChI is InChI=1S/C28H30N4O3/c1-18(2)12-26(28(34)35)32-27(33)24-11-10-19(14-29-15-21-16-30-17-31-21)13-25(24)23-9-5-7-20-6-3-4-8-22(20)23/h3-11,13,16-18,26,29H,12,14-15H2,1-2H3,(H,30,31)(H,32,33)(H,34,35). The fraction of sp³-hybridized carbons (Fsp3) is 0.250. The van der Waals surface area contributed by atoms with Crippen molar-refractivity contribution in [2.75, 3.05) is 0 Å². The van der Waals surface area contributed by atoms with Crippen molar-refractivity contribution in [1.82, 2.24) is 20.6 Å². The lowest BCUT2D eigenvalue weighted by molar-refractivity contribution is -0.139. The number of carbonyl (C=O) groups excluding carboxylic acids is 1. The molecule has 0 fully saturated rings. The lowest BCUT2D eigenvalue weighted by Gasteiger charge is -2.19. The fourth-order valence-electron chi connectivity index (χ4n) is 4.23. The van der Waals surface area contributed by atoms with Crippen LogP contribution in [0.15, 0.2) is 73.2 Å². The van der Waals surface area contributed by atoms with Gasteiger partial charge in [0.15, 0.2) is 0 Å². The summed E-state index contributed by atoms with van der Waals surface area (Å²) in [5.41, 5.74) is 4.16. The van der Waals surface area contributed by atoms with Crippen LogP contribution in [0.3, 0.4) is 0 Å². The zero-order valence-corrected chi connectivity index (χ0v) is 19.9. The van der Waals surface area contributed by atoms with Crippen molar-refractivity contribution in [3.05, 3.63) is 90.0 Å². The number of rotatable bonds is 10. The molecule has 1 aromatic heterocycles. The molecule has 7 heteroatoms. The summed E-state index contributed by atoms with van der Waals surface area (Å²) in [5, 5.41) is 17.9. The third-order valence-electron chi connectivity index (χ3n) is 5.92. The first-order valence-corrected chi connectivity index (χ1v) is 11.7. The highest BCUT2D eigenvalue weighted by Crippen LogP contribution is 2.32. The highest BCUT2D eigenvalue weighted by Gasteiger charge is 2.24. The number of hydrogen-bond donors (Lipinski definition) is 4. The van der Waals surface area contributed by atoms with Crippen LogP contribution in [-0.4, -0.2) is 33.0 Å². The summed E-state index contributed by atoms with van der Waals surface area (Å²) in [6.07, 6.45) is 3.78. The number of amides is 1. The lowest BCUT2D eigenvalue weighted by atomic mass is 9.92. The molecule has 1 amide bonds. The summed E-state index contributed by atoms with van der Waals surface area (Å²) in [6.45, 7) is 5.12. The molecule has 0 spiro atoms. The van der Waals surface area contributed by atoms with E-state index in [4.69, 9.17) is 0 Å². The number of carbonyl (C=O) groups is 2. The van der Waals surface area contributed by atoms with Crippen molar-refractivity contribution in [3.63, 3.8) is 0 Å². The second kappa shape index (κ2) is 11.0. The molecule has 0 aliphatic heterocycles. The van der Waals surface area contributed by atoms with Gasteiger partial charge in [-0.15, -0.1) is 0 Å². The summed E-state index contributed by atoms with van der Waals surface area (Å²) in [4.78, 5) is 32.2. The van der Waals surface area contributed by atoms with E-state index >= 15 is 0 Å². The van der Waals surface area contributed by atoms with Gasteiger partial charge in [0.05, 0.1) is 6.33 Å². The largest absolute Gasteiger partial charge is 0.480 e. The van der Waals surface area contributed by atoms with Gasteiger partial charge in [0.1, 0.15) is 6.04 Å². The number of aromatic nitrogens is 2. The molecule has 0 saturated heterocycles. The molecule has 1 atom stereocenters. The van der Waals surface area contributed by atoms with E-state index in [0.29, 0.717) is 25.1 Å². The third-order valence-corrected chi connectivity index (χ3v) is 5.92. The molecule has 0 bridgehead atoms. The van der Waals surface area contributed by atoms with Crippen LogP contribution in [0, 0.1) is 5.92 Å². The van der Waals surface area contributed by atoms with Crippen LogP contribution >= 0.6 is 0 Å². The molecule has 4 aromatic rings. The minimum Gasteiger partial charge on any atom is -0.480 e. The van der Waals surface area contributed by atoms with E-state index in [1.54, 1.807) is 18.6 Å². The van der Waals surface area contributed by atoms with Crippen molar-refractivity contribution in [1.29, 1.82) is 0 Å². The van der Waals surface area contributed by atoms with Gasteiger partial charge in [0.2, 0.25) is 0 Å². The van der Waals surface area contributed by atoms with Gasteiger partial charge >= 0.3 is 5.97 Å². The van der Waals surface area contributed by atoms with Gasteiger partial charge in [-0.2, -0.15) is 0 Å². The quantitative estimate of drug-likeness (QED) is 0.268. The summed E-state index contributed by atoms with van der Waals surface area (Å²) >= 11 is 0. The van der Waals surface area contributed by atoms with E-state index in [9.17, 15) is 14.7 Å². The second-order valence-corrected chi connectivity index (χ2v) is 9.08. The molecule has 7 nitrogen and oxygen atoms in total. The second-order valence-electron chi connectivity index (χ2n) is 9.08. The minimum absolute atomic E-state index is 0.136. The number of hydrogen-bond acceptors (Lipinski definition) is 4. The smallest absolute Gasteiger partial charge is 0.326 e. The molecule has 0 radical (unpaired) electrons. The van der Waals surface area contributed by atoms with E-state index in [0.717, 1.165) is 33.2 Å². The Morgan fingerprint density at radius 3 is 2.54 bits per heavy atom. The van der Waals surface area contributed by atoms with Gasteiger partial charge < -0.3 is 20.7 Å². The summed E-state index contributed by atoms with van der Waals surface area (Å²) in [5.74, 6) is -1.28. The number of fused-ring (bicyclic) bond motifs is 1.